The van der Waals surface area contributed by atoms with Crippen LogP contribution in [0.4, 0.5) is 14.5 Å². The maximum Gasteiger partial charge on any atom is 0.387 e. The Morgan fingerprint density at radius 2 is 1.94 bits per heavy atom. The molecule has 0 bridgehead atoms. The Labute approximate surface area is 183 Å². The standard InChI is InChI=1S/C24H22F2N4O2/c1-4-30-15(3)18(13-27-30)21-12-17(16-7-5-6-8-19(16)28-21)23(31)29-20-10-9-14(2)11-22(20)32-24(25)26/h5-13,24H,4H2,1-3H3,(H,29,31). The van der Waals surface area contributed by atoms with Gasteiger partial charge in [0.2, 0.25) is 0 Å². The van der Waals surface area contributed by atoms with Gasteiger partial charge in [-0.3, -0.25) is 9.48 Å². The highest BCUT2D eigenvalue weighted by molar-refractivity contribution is 6.13. The molecule has 4 rings (SSSR count). The molecule has 2 aromatic heterocycles. The number of pyridine rings is 1. The summed E-state index contributed by atoms with van der Waals surface area (Å²) in [5.74, 6) is -0.541. The number of aromatic nitrogens is 3. The van der Waals surface area contributed by atoms with Gasteiger partial charge in [-0.25, -0.2) is 4.98 Å². The Morgan fingerprint density at radius 1 is 1.16 bits per heavy atom. The van der Waals surface area contributed by atoms with Gasteiger partial charge in [-0.15, -0.1) is 0 Å². The number of nitrogens with one attached hydrogen (secondary N) is 1. The Hall–Kier alpha value is -3.81. The van der Waals surface area contributed by atoms with Crippen LogP contribution in [-0.2, 0) is 6.54 Å². The smallest absolute Gasteiger partial charge is 0.387 e. The molecule has 4 aromatic rings. The van der Waals surface area contributed by atoms with Crippen LogP contribution in [0.3, 0.4) is 0 Å². The molecule has 0 unspecified atom stereocenters. The molecule has 32 heavy (non-hydrogen) atoms. The predicted octanol–water partition coefficient (Wildman–Crippen LogP) is 5.59. The monoisotopic (exact) mass is 436 g/mol. The van der Waals surface area contributed by atoms with Gasteiger partial charge in [-0.2, -0.15) is 13.9 Å². The number of anilines is 1. The number of alkyl halides is 2. The minimum atomic E-state index is -3.00. The summed E-state index contributed by atoms with van der Waals surface area (Å²) in [6.07, 6.45) is 1.73. The highest BCUT2D eigenvalue weighted by Gasteiger charge is 2.19. The molecule has 8 heteroatoms. The molecule has 6 nitrogen and oxygen atoms in total. The van der Waals surface area contributed by atoms with E-state index in [1.807, 2.05) is 36.7 Å². The van der Waals surface area contributed by atoms with Gasteiger partial charge < -0.3 is 10.1 Å². The quantitative estimate of drug-likeness (QED) is 0.428. The third kappa shape index (κ3) is 4.16. The summed E-state index contributed by atoms with van der Waals surface area (Å²) in [6, 6.07) is 13.7. The first-order chi connectivity index (χ1) is 15.4. The zero-order valence-corrected chi connectivity index (χ0v) is 17.9. The summed E-state index contributed by atoms with van der Waals surface area (Å²) >= 11 is 0. The third-order valence-corrected chi connectivity index (χ3v) is 5.24. The van der Waals surface area contributed by atoms with Crippen molar-refractivity contribution in [2.45, 2.75) is 33.9 Å². The van der Waals surface area contributed by atoms with E-state index < -0.39 is 12.5 Å². The molecule has 2 aromatic carbocycles. The first-order valence-electron chi connectivity index (χ1n) is 10.2. The molecule has 1 N–H and O–H groups in total. The number of ether oxygens (including phenoxy) is 1. The molecule has 0 aliphatic carbocycles. The fraction of sp³-hybridized carbons (Fsp3) is 0.208. The summed E-state index contributed by atoms with van der Waals surface area (Å²) < 4.78 is 32.2. The molecule has 0 fully saturated rings. The number of nitrogens with zero attached hydrogens (tertiary/aromatic N) is 3. The van der Waals surface area contributed by atoms with Crippen LogP contribution in [0.2, 0.25) is 0 Å². The highest BCUT2D eigenvalue weighted by Crippen LogP contribution is 2.30. The average molecular weight is 436 g/mol. The van der Waals surface area contributed by atoms with E-state index >= 15 is 0 Å². The maximum absolute atomic E-state index is 13.3. The third-order valence-electron chi connectivity index (χ3n) is 5.24. The molecular formula is C24H22F2N4O2. The topological polar surface area (TPSA) is 69.0 Å². The first kappa shape index (κ1) is 21.4. The summed E-state index contributed by atoms with van der Waals surface area (Å²) in [5, 5.41) is 7.73. The molecule has 0 saturated heterocycles. The number of halogens is 2. The fourth-order valence-electron chi connectivity index (χ4n) is 3.63. The number of carbonyl (C=O) groups excluding carboxylic acids is 1. The lowest BCUT2D eigenvalue weighted by Gasteiger charge is -2.14. The maximum atomic E-state index is 13.3. The van der Waals surface area contributed by atoms with Crippen molar-refractivity contribution in [1.29, 1.82) is 0 Å². The Morgan fingerprint density at radius 3 is 2.66 bits per heavy atom. The van der Waals surface area contributed by atoms with Crippen molar-refractivity contribution < 1.29 is 18.3 Å². The number of benzene rings is 2. The molecule has 0 aliphatic heterocycles. The number of fused-ring (bicyclic) bond motifs is 1. The van der Waals surface area contributed by atoms with Gasteiger partial charge in [0, 0.05) is 23.2 Å². The number of rotatable bonds is 6. The number of para-hydroxylation sites is 1. The van der Waals surface area contributed by atoms with Gasteiger partial charge in [0.05, 0.1) is 28.7 Å². The van der Waals surface area contributed by atoms with E-state index in [0.29, 0.717) is 28.7 Å². The van der Waals surface area contributed by atoms with Crippen molar-refractivity contribution in [2.24, 2.45) is 0 Å². The number of aryl methyl sites for hydroxylation is 2. The van der Waals surface area contributed by atoms with Gasteiger partial charge in [0.1, 0.15) is 5.75 Å². The van der Waals surface area contributed by atoms with E-state index in [4.69, 9.17) is 4.98 Å². The molecular weight excluding hydrogens is 414 g/mol. The first-order valence-corrected chi connectivity index (χ1v) is 10.2. The van der Waals surface area contributed by atoms with Crippen molar-refractivity contribution in [3.05, 3.63) is 71.5 Å². The Bertz CT molecular complexity index is 1300. The van der Waals surface area contributed by atoms with E-state index in [2.05, 4.69) is 15.2 Å². The van der Waals surface area contributed by atoms with Crippen LogP contribution in [0.15, 0.2) is 54.7 Å². The second-order valence-corrected chi connectivity index (χ2v) is 7.36. The van der Waals surface area contributed by atoms with Crippen molar-refractivity contribution in [3.8, 4) is 17.0 Å². The number of hydrogen-bond donors (Lipinski definition) is 1. The molecule has 164 valence electrons. The van der Waals surface area contributed by atoms with Crippen LogP contribution >= 0.6 is 0 Å². The average Bonchev–Trinajstić information content (AvgIpc) is 3.14. The van der Waals surface area contributed by atoms with Crippen LogP contribution < -0.4 is 10.1 Å². The summed E-state index contributed by atoms with van der Waals surface area (Å²) in [4.78, 5) is 18.0. The van der Waals surface area contributed by atoms with Crippen molar-refractivity contribution in [1.82, 2.24) is 14.8 Å². The van der Waals surface area contributed by atoms with Crippen LogP contribution in [0.25, 0.3) is 22.2 Å². The van der Waals surface area contributed by atoms with Crippen molar-refractivity contribution in [3.63, 3.8) is 0 Å². The largest absolute Gasteiger partial charge is 0.433 e. The number of hydrogen-bond acceptors (Lipinski definition) is 4. The van der Waals surface area contributed by atoms with Gasteiger partial charge in [-0.05, 0) is 50.6 Å². The Balaban J connectivity index is 1.79. The zero-order chi connectivity index (χ0) is 22.8. The lowest BCUT2D eigenvalue weighted by Crippen LogP contribution is -2.15. The van der Waals surface area contributed by atoms with E-state index in [1.165, 1.54) is 6.07 Å². The number of amides is 1. The van der Waals surface area contributed by atoms with Gasteiger partial charge in [0.15, 0.2) is 0 Å². The van der Waals surface area contributed by atoms with Crippen molar-refractivity contribution >= 4 is 22.5 Å². The van der Waals surface area contributed by atoms with Crippen molar-refractivity contribution in [2.75, 3.05) is 5.32 Å². The lowest BCUT2D eigenvalue weighted by molar-refractivity contribution is -0.0494. The summed E-state index contributed by atoms with van der Waals surface area (Å²) in [7, 11) is 0. The zero-order valence-electron chi connectivity index (χ0n) is 17.9. The predicted molar refractivity (Wildman–Crippen MR) is 119 cm³/mol. The van der Waals surface area contributed by atoms with Gasteiger partial charge in [-0.1, -0.05) is 24.3 Å². The highest BCUT2D eigenvalue weighted by atomic mass is 19.3. The molecule has 2 heterocycles. The second-order valence-electron chi connectivity index (χ2n) is 7.36. The molecule has 0 spiro atoms. The minimum absolute atomic E-state index is 0.0907. The van der Waals surface area contributed by atoms with E-state index in [1.54, 1.807) is 37.4 Å². The molecule has 0 atom stereocenters. The molecule has 0 radical (unpaired) electrons. The Kier molecular flexibility index (Phi) is 5.85. The second kappa shape index (κ2) is 8.74. The molecule has 0 saturated carbocycles. The van der Waals surface area contributed by atoms with E-state index in [9.17, 15) is 13.6 Å². The summed E-state index contributed by atoms with van der Waals surface area (Å²) in [6.45, 7) is 3.41. The van der Waals surface area contributed by atoms with E-state index in [-0.39, 0.29) is 11.4 Å². The number of carbonyl (C=O) groups is 1. The van der Waals surface area contributed by atoms with Crippen LogP contribution in [0.5, 0.6) is 5.75 Å². The van der Waals surface area contributed by atoms with E-state index in [0.717, 1.165) is 16.8 Å². The SMILES string of the molecule is CCn1ncc(-c2cc(C(=O)Nc3ccc(C)cc3OC(F)F)c3ccccc3n2)c1C. The van der Waals surface area contributed by atoms with Crippen LogP contribution in [0.1, 0.15) is 28.5 Å². The minimum Gasteiger partial charge on any atom is -0.433 e. The van der Waals surface area contributed by atoms with Crippen LogP contribution in [-0.4, -0.2) is 27.3 Å². The normalized spacial score (nSPS) is 11.2. The molecule has 1 amide bonds. The summed E-state index contributed by atoms with van der Waals surface area (Å²) in [5.41, 5.74) is 4.29. The van der Waals surface area contributed by atoms with Crippen LogP contribution in [0, 0.1) is 13.8 Å². The van der Waals surface area contributed by atoms with Gasteiger partial charge >= 0.3 is 6.61 Å². The lowest BCUT2D eigenvalue weighted by atomic mass is 10.0. The fourth-order valence-corrected chi connectivity index (χ4v) is 3.63. The van der Waals surface area contributed by atoms with Gasteiger partial charge in [0.25, 0.3) is 5.91 Å². The molecule has 0 aliphatic rings.